The van der Waals surface area contributed by atoms with Gasteiger partial charge in [0, 0.05) is 30.9 Å². The summed E-state index contributed by atoms with van der Waals surface area (Å²) in [7, 11) is 0. The first-order valence-electron chi connectivity index (χ1n) is 7.42. The first kappa shape index (κ1) is 12.0. The van der Waals surface area contributed by atoms with Gasteiger partial charge in [-0.05, 0) is 37.8 Å². The highest BCUT2D eigenvalue weighted by Crippen LogP contribution is 2.29. The highest BCUT2D eigenvalue weighted by Gasteiger charge is 2.23. The summed E-state index contributed by atoms with van der Waals surface area (Å²) in [6.07, 6.45) is 6.80. The number of benzene rings is 1. The lowest BCUT2D eigenvalue weighted by atomic mass is 10.1. The minimum Gasteiger partial charge on any atom is -0.367 e. The highest BCUT2D eigenvalue weighted by molar-refractivity contribution is 5.58. The van der Waals surface area contributed by atoms with Crippen molar-refractivity contribution in [2.75, 3.05) is 18.0 Å². The van der Waals surface area contributed by atoms with Gasteiger partial charge in [0.1, 0.15) is 0 Å². The molecule has 1 aromatic rings. The second-order valence-corrected chi connectivity index (χ2v) is 5.81. The maximum Gasteiger partial charge on any atom is 0.0402 e. The fourth-order valence-corrected chi connectivity index (χ4v) is 3.40. The Bertz CT molecular complexity index is 396. The Morgan fingerprint density at radius 3 is 2.89 bits per heavy atom. The summed E-state index contributed by atoms with van der Waals surface area (Å²) >= 11 is 0. The van der Waals surface area contributed by atoms with Crippen molar-refractivity contribution >= 4 is 5.69 Å². The zero-order chi connectivity index (χ0) is 12.4. The molecule has 1 aliphatic carbocycles. The van der Waals surface area contributed by atoms with Gasteiger partial charge in [-0.3, -0.25) is 0 Å². The smallest absolute Gasteiger partial charge is 0.0402 e. The molecular formula is C16H24N2. The Morgan fingerprint density at radius 1 is 1.28 bits per heavy atom. The molecule has 3 rings (SSSR count). The molecule has 1 aliphatic heterocycles. The Labute approximate surface area is 110 Å². The quantitative estimate of drug-likeness (QED) is 0.876. The van der Waals surface area contributed by atoms with Crippen molar-refractivity contribution in [3.63, 3.8) is 0 Å². The summed E-state index contributed by atoms with van der Waals surface area (Å²) < 4.78 is 0. The second kappa shape index (κ2) is 5.31. The van der Waals surface area contributed by atoms with Crippen molar-refractivity contribution in [3.8, 4) is 0 Å². The lowest BCUT2D eigenvalue weighted by Gasteiger charge is -2.28. The summed E-state index contributed by atoms with van der Waals surface area (Å²) in [5.41, 5.74) is 2.98. The maximum absolute atomic E-state index is 3.75. The lowest BCUT2D eigenvalue weighted by Crippen LogP contribution is -2.42. The van der Waals surface area contributed by atoms with Gasteiger partial charge in [-0.1, -0.05) is 31.0 Å². The summed E-state index contributed by atoms with van der Waals surface area (Å²) in [6, 6.07) is 10.2. The molecule has 1 saturated carbocycles. The Kier molecular flexibility index (Phi) is 3.55. The molecule has 2 heteroatoms. The van der Waals surface area contributed by atoms with E-state index >= 15 is 0 Å². The number of anilines is 1. The molecule has 0 saturated heterocycles. The lowest BCUT2D eigenvalue weighted by molar-refractivity contribution is 0.485. The molecule has 1 aromatic carbocycles. The van der Waals surface area contributed by atoms with Crippen LogP contribution in [0.25, 0.3) is 0 Å². The highest BCUT2D eigenvalue weighted by atomic mass is 15.2. The molecule has 0 aromatic heterocycles. The molecule has 0 amide bonds. The predicted octanol–water partition coefficient (Wildman–Crippen LogP) is 2.97. The van der Waals surface area contributed by atoms with Gasteiger partial charge in [0.2, 0.25) is 0 Å². The molecule has 0 radical (unpaired) electrons. The number of para-hydroxylation sites is 1. The molecule has 2 aliphatic rings. The van der Waals surface area contributed by atoms with E-state index in [1.165, 1.54) is 49.9 Å². The van der Waals surface area contributed by atoms with Gasteiger partial charge < -0.3 is 10.2 Å². The minimum atomic E-state index is 0.606. The van der Waals surface area contributed by atoms with Crippen LogP contribution in [0.5, 0.6) is 0 Å². The van der Waals surface area contributed by atoms with E-state index in [0.717, 1.165) is 12.6 Å². The third-order valence-electron chi connectivity index (χ3n) is 4.51. The van der Waals surface area contributed by atoms with Gasteiger partial charge in [-0.25, -0.2) is 0 Å². The predicted molar refractivity (Wildman–Crippen MR) is 77.2 cm³/mol. The van der Waals surface area contributed by atoms with Gasteiger partial charge in [0.05, 0.1) is 0 Å². The minimum absolute atomic E-state index is 0.606. The fourth-order valence-electron chi connectivity index (χ4n) is 3.40. The summed E-state index contributed by atoms with van der Waals surface area (Å²) in [5.74, 6) is 0. The van der Waals surface area contributed by atoms with Crippen LogP contribution in [0.4, 0.5) is 5.69 Å². The summed E-state index contributed by atoms with van der Waals surface area (Å²) in [4.78, 5) is 2.57. The average Bonchev–Trinajstić information content (AvgIpc) is 3.05. The van der Waals surface area contributed by atoms with E-state index in [-0.39, 0.29) is 0 Å². The molecule has 1 heterocycles. The number of fused-ring (bicyclic) bond motifs is 1. The van der Waals surface area contributed by atoms with E-state index in [9.17, 15) is 0 Å². The molecule has 0 spiro atoms. The SMILES string of the molecule is CC(CNC1CCCC1)N1CCc2ccccc21. The van der Waals surface area contributed by atoms with Crippen LogP contribution in [0.2, 0.25) is 0 Å². The van der Waals surface area contributed by atoms with Crippen LogP contribution in [0, 0.1) is 0 Å². The Balaban J connectivity index is 1.58. The fraction of sp³-hybridized carbons (Fsp3) is 0.625. The molecule has 1 atom stereocenters. The van der Waals surface area contributed by atoms with Crippen molar-refractivity contribution in [2.45, 2.75) is 51.1 Å². The maximum atomic E-state index is 3.75. The van der Waals surface area contributed by atoms with Crippen molar-refractivity contribution in [3.05, 3.63) is 29.8 Å². The zero-order valence-electron chi connectivity index (χ0n) is 11.4. The first-order chi connectivity index (χ1) is 8.84. The molecule has 1 N–H and O–H groups in total. The van der Waals surface area contributed by atoms with Crippen LogP contribution >= 0.6 is 0 Å². The van der Waals surface area contributed by atoms with Crippen LogP contribution in [0.3, 0.4) is 0 Å². The van der Waals surface area contributed by atoms with Gasteiger partial charge in [0.25, 0.3) is 0 Å². The number of nitrogens with zero attached hydrogens (tertiary/aromatic N) is 1. The van der Waals surface area contributed by atoms with Gasteiger partial charge in [-0.2, -0.15) is 0 Å². The van der Waals surface area contributed by atoms with E-state index in [1.54, 1.807) is 0 Å². The third-order valence-corrected chi connectivity index (χ3v) is 4.51. The van der Waals surface area contributed by atoms with Gasteiger partial charge >= 0.3 is 0 Å². The van der Waals surface area contributed by atoms with Crippen LogP contribution in [0.15, 0.2) is 24.3 Å². The summed E-state index contributed by atoms with van der Waals surface area (Å²) in [6.45, 7) is 4.66. The van der Waals surface area contributed by atoms with Crippen LogP contribution in [-0.2, 0) is 6.42 Å². The van der Waals surface area contributed by atoms with Crippen molar-refractivity contribution < 1.29 is 0 Å². The standard InChI is InChI=1S/C16H24N2/c1-13(12-17-15-7-3-4-8-15)18-11-10-14-6-2-5-9-16(14)18/h2,5-6,9,13,15,17H,3-4,7-8,10-12H2,1H3. The number of hydrogen-bond acceptors (Lipinski definition) is 2. The van der Waals surface area contributed by atoms with Crippen molar-refractivity contribution in [1.82, 2.24) is 5.32 Å². The monoisotopic (exact) mass is 244 g/mol. The Morgan fingerprint density at radius 2 is 2.06 bits per heavy atom. The van der Waals surface area contributed by atoms with Crippen LogP contribution in [-0.4, -0.2) is 25.2 Å². The number of nitrogens with one attached hydrogen (secondary N) is 1. The van der Waals surface area contributed by atoms with E-state index < -0.39 is 0 Å². The second-order valence-electron chi connectivity index (χ2n) is 5.81. The van der Waals surface area contributed by atoms with Gasteiger partial charge in [-0.15, -0.1) is 0 Å². The molecule has 2 nitrogen and oxygen atoms in total. The average molecular weight is 244 g/mol. The largest absolute Gasteiger partial charge is 0.367 e. The topological polar surface area (TPSA) is 15.3 Å². The zero-order valence-corrected chi connectivity index (χ0v) is 11.4. The molecule has 1 fully saturated rings. The first-order valence-corrected chi connectivity index (χ1v) is 7.42. The molecule has 0 bridgehead atoms. The van der Waals surface area contributed by atoms with Crippen LogP contribution in [0.1, 0.15) is 38.2 Å². The van der Waals surface area contributed by atoms with Gasteiger partial charge in [0.15, 0.2) is 0 Å². The number of rotatable bonds is 4. The normalized spacial score (nSPS) is 21.3. The van der Waals surface area contributed by atoms with Crippen molar-refractivity contribution in [1.29, 1.82) is 0 Å². The van der Waals surface area contributed by atoms with E-state index in [4.69, 9.17) is 0 Å². The molecule has 18 heavy (non-hydrogen) atoms. The van der Waals surface area contributed by atoms with E-state index in [0.29, 0.717) is 6.04 Å². The third kappa shape index (κ3) is 2.39. The molecule has 1 unspecified atom stereocenters. The van der Waals surface area contributed by atoms with E-state index in [1.807, 2.05) is 0 Å². The number of hydrogen-bond donors (Lipinski definition) is 1. The molecular weight excluding hydrogens is 220 g/mol. The van der Waals surface area contributed by atoms with E-state index in [2.05, 4.69) is 41.4 Å². The Hall–Kier alpha value is -1.02. The van der Waals surface area contributed by atoms with Crippen molar-refractivity contribution in [2.24, 2.45) is 0 Å². The van der Waals surface area contributed by atoms with Crippen LogP contribution < -0.4 is 10.2 Å². The molecule has 98 valence electrons. The summed E-state index contributed by atoms with van der Waals surface area (Å²) in [5, 5.41) is 3.75.